The lowest BCUT2D eigenvalue weighted by Gasteiger charge is -2.15. The fourth-order valence-corrected chi connectivity index (χ4v) is 6.71. The lowest BCUT2D eigenvalue weighted by atomic mass is 9.93. The molecule has 0 saturated carbocycles. The van der Waals surface area contributed by atoms with Crippen LogP contribution in [-0.4, -0.2) is 21.6 Å². The van der Waals surface area contributed by atoms with Crippen molar-refractivity contribution in [3.63, 3.8) is 0 Å². The van der Waals surface area contributed by atoms with E-state index < -0.39 is 23.2 Å². The number of alkyl halides is 2. The number of benzene rings is 5. The van der Waals surface area contributed by atoms with Crippen LogP contribution in [-0.2, 0) is 11.0 Å². The number of aldehydes is 1. The molecule has 1 unspecified atom stereocenters. The average Bonchev–Trinajstić information content (AvgIpc) is 3.41. The van der Waals surface area contributed by atoms with E-state index >= 15 is 0 Å². The molecule has 1 atom stereocenters. The van der Waals surface area contributed by atoms with Gasteiger partial charge in [0.1, 0.15) is 17.9 Å². The second-order valence-electron chi connectivity index (χ2n) is 10.1. The van der Waals surface area contributed by atoms with Gasteiger partial charge in [0.15, 0.2) is 11.0 Å². The maximum absolute atomic E-state index is 14.9. The lowest BCUT2D eigenvalue weighted by Crippen LogP contribution is -2.07. The molecule has 0 radical (unpaired) electrons. The van der Waals surface area contributed by atoms with E-state index in [2.05, 4.69) is 6.07 Å². The number of halogens is 3. The highest BCUT2D eigenvalue weighted by atomic mass is 32.2. The number of carbonyl (C=O) groups is 1. The number of rotatable bonds is 8. The minimum Gasteiger partial charge on any atom is -0.496 e. The number of hydrogen-bond donors (Lipinski definition) is 0. The minimum absolute atomic E-state index is 0.207. The molecular weight excluding hydrogens is 597 g/mol. The van der Waals surface area contributed by atoms with Crippen molar-refractivity contribution in [2.45, 2.75) is 11.3 Å². The molecule has 222 valence electrons. The van der Waals surface area contributed by atoms with Gasteiger partial charge in [-0.2, -0.15) is 5.26 Å². The average molecular weight is 621 g/mol. The van der Waals surface area contributed by atoms with Crippen LogP contribution in [0.4, 0.5) is 13.2 Å². The molecule has 0 aliphatic carbocycles. The second kappa shape index (κ2) is 12.3. The Balaban J connectivity index is 1.69. The van der Waals surface area contributed by atoms with Gasteiger partial charge in [0, 0.05) is 38.8 Å². The molecule has 5 aromatic carbocycles. The Hall–Kier alpha value is -5.46. The molecule has 0 aliphatic rings. The van der Waals surface area contributed by atoms with Crippen LogP contribution in [0.3, 0.4) is 0 Å². The van der Waals surface area contributed by atoms with Crippen molar-refractivity contribution in [2.24, 2.45) is 0 Å². The zero-order chi connectivity index (χ0) is 31.7. The van der Waals surface area contributed by atoms with Crippen molar-refractivity contribution in [1.29, 1.82) is 5.26 Å². The molecule has 5 nitrogen and oxygen atoms in total. The van der Waals surface area contributed by atoms with Crippen LogP contribution >= 0.6 is 0 Å². The van der Waals surface area contributed by atoms with E-state index in [0.717, 1.165) is 11.8 Å². The normalized spacial score (nSPS) is 11.8. The van der Waals surface area contributed by atoms with E-state index in [9.17, 15) is 27.4 Å². The Bertz CT molecular complexity index is 2150. The summed E-state index contributed by atoms with van der Waals surface area (Å²) in [5.74, 6) is -0.0557. The molecular formula is C36H23F3N2O3S. The zero-order valence-corrected chi connectivity index (χ0v) is 24.5. The Labute approximate surface area is 259 Å². The summed E-state index contributed by atoms with van der Waals surface area (Å²) in [6, 6.07) is 30.8. The van der Waals surface area contributed by atoms with E-state index in [0.29, 0.717) is 55.7 Å². The minimum atomic E-state index is -2.69. The first-order valence-electron chi connectivity index (χ1n) is 13.7. The van der Waals surface area contributed by atoms with E-state index in [1.165, 1.54) is 49.6 Å². The summed E-state index contributed by atoms with van der Waals surface area (Å²) in [6.07, 6.45) is -1.96. The van der Waals surface area contributed by atoms with E-state index in [1.54, 1.807) is 52.5 Å². The molecule has 0 amide bonds. The fourth-order valence-electron chi connectivity index (χ4n) is 5.43. The van der Waals surface area contributed by atoms with Gasteiger partial charge in [0.2, 0.25) is 0 Å². The summed E-state index contributed by atoms with van der Waals surface area (Å²) in [6.45, 7) is 0. The summed E-state index contributed by atoms with van der Waals surface area (Å²) in [7, 11) is -0.479. The number of nitriles is 1. The molecule has 9 heteroatoms. The molecule has 0 aliphatic heterocycles. The van der Waals surface area contributed by atoms with Crippen LogP contribution in [0.2, 0.25) is 0 Å². The highest BCUT2D eigenvalue weighted by molar-refractivity contribution is 7.83. The van der Waals surface area contributed by atoms with Crippen LogP contribution < -0.4 is 4.74 Å². The third kappa shape index (κ3) is 5.41. The first kappa shape index (κ1) is 29.6. The summed E-state index contributed by atoms with van der Waals surface area (Å²) in [5.41, 5.74) is 4.41. The number of fused-ring (bicyclic) bond motifs is 1. The smallest absolute Gasteiger partial charge is 0.263 e. The van der Waals surface area contributed by atoms with Gasteiger partial charge in [-0.3, -0.25) is 8.77 Å². The van der Waals surface area contributed by atoms with E-state index in [1.807, 2.05) is 18.2 Å². The standard InChI is InChI=1S/C36H23F3N2O3S/c1-44-33-17-22(21-42)9-15-29(33)24-6-4-7-25(18-24)35-34(30-8-3-2-5-26(30)20-40)31-19-27(37)12-16-32(31)41(35)45(43)28-13-10-23(11-14-28)36(38)39/h2-19,21,36H,1H3. The maximum Gasteiger partial charge on any atom is 0.263 e. The molecule has 0 spiro atoms. The van der Waals surface area contributed by atoms with E-state index in [-0.39, 0.29) is 10.5 Å². The first-order chi connectivity index (χ1) is 21.8. The Kier molecular flexibility index (Phi) is 8.07. The largest absolute Gasteiger partial charge is 0.496 e. The van der Waals surface area contributed by atoms with Gasteiger partial charge in [-0.1, -0.05) is 54.6 Å². The molecule has 6 aromatic rings. The van der Waals surface area contributed by atoms with Crippen molar-refractivity contribution in [3.05, 3.63) is 132 Å². The molecule has 0 bridgehead atoms. The van der Waals surface area contributed by atoms with Crippen LogP contribution in [0.5, 0.6) is 5.75 Å². The molecule has 45 heavy (non-hydrogen) atoms. The van der Waals surface area contributed by atoms with Crippen LogP contribution in [0.1, 0.15) is 27.9 Å². The Morgan fingerprint density at radius 2 is 1.62 bits per heavy atom. The summed E-state index contributed by atoms with van der Waals surface area (Å²) in [5, 5.41) is 10.5. The van der Waals surface area contributed by atoms with Crippen LogP contribution in [0.25, 0.3) is 44.4 Å². The second-order valence-corrected chi connectivity index (χ2v) is 11.4. The number of methoxy groups -OCH3 is 1. The predicted molar refractivity (Wildman–Crippen MR) is 168 cm³/mol. The van der Waals surface area contributed by atoms with Gasteiger partial charge >= 0.3 is 0 Å². The van der Waals surface area contributed by atoms with E-state index in [4.69, 9.17) is 4.74 Å². The molecule has 0 saturated heterocycles. The fraction of sp³-hybridized carbons (Fsp3) is 0.0556. The molecule has 0 N–H and O–H groups in total. The van der Waals surface area contributed by atoms with Crippen LogP contribution in [0, 0.1) is 17.1 Å². The predicted octanol–water partition coefficient (Wildman–Crippen LogP) is 8.98. The quantitative estimate of drug-likeness (QED) is 0.159. The number of hydrogen-bond acceptors (Lipinski definition) is 4. The zero-order valence-electron chi connectivity index (χ0n) is 23.7. The molecule has 1 heterocycles. The van der Waals surface area contributed by atoms with Crippen molar-refractivity contribution in [3.8, 4) is 45.3 Å². The van der Waals surface area contributed by atoms with Crippen molar-refractivity contribution in [1.82, 2.24) is 3.97 Å². The highest BCUT2D eigenvalue weighted by Gasteiger charge is 2.26. The molecule has 6 rings (SSSR count). The van der Waals surface area contributed by atoms with Crippen molar-refractivity contribution >= 4 is 28.2 Å². The molecule has 1 aromatic heterocycles. The third-order valence-electron chi connectivity index (χ3n) is 7.51. The van der Waals surface area contributed by atoms with Gasteiger partial charge in [-0.15, -0.1) is 0 Å². The summed E-state index contributed by atoms with van der Waals surface area (Å²) >= 11 is 0. The number of nitrogens with zero attached hydrogens (tertiary/aromatic N) is 2. The van der Waals surface area contributed by atoms with Gasteiger partial charge in [0.25, 0.3) is 6.43 Å². The van der Waals surface area contributed by atoms with Crippen LogP contribution in [0.15, 0.2) is 114 Å². The Morgan fingerprint density at radius 3 is 2.33 bits per heavy atom. The number of ether oxygens (including phenoxy) is 1. The first-order valence-corrected chi connectivity index (χ1v) is 14.8. The van der Waals surface area contributed by atoms with Crippen molar-refractivity contribution in [2.75, 3.05) is 7.11 Å². The monoisotopic (exact) mass is 620 g/mol. The molecule has 0 fully saturated rings. The SMILES string of the molecule is COc1cc(C=O)ccc1-c1cccc(-c2c(-c3ccccc3C#N)c3cc(F)ccc3n2S(=O)c2ccc(C(F)F)cc2)c1. The number of carbonyl (C=O) groups excluding carboxylic acids is 1. The van der Waals surface area contributed by atoms with Gasteiger partial charge in [-0.05, 0) is 60.2 Å². The Morgan fingerprint density at radius 1 is 0.867 bits per heavy atom. The highest BCUT2D eigenvalue weighted by Crippen LogP contribution is 2.45. The lowest BCUT2D eigenvalue weighted by molar-refractivity contribution is 0.112. The van der Waals surface area contributed by atoms with Crippen molar-refractivity contribution < 1.29 is 26.9 Å². The van der Waals surface area contributed by atoms with Gasteiger partial charge in [0.05, 0.1) is 34.8 Å². The summed E-state index contributed by atoms with van der Waals surface area (Å²) < 4.78 is 63.1. The maximum atomic E-state index is 14.9. The number of aromatic nitrogens is 1. The van der Waals surface area contributed by atoms with Gasteiger partial charge in [-0.25, -0.2) is 17.4 Å². The van der Waals surface area contributed by atoms with Gasteiger partial charge < -0.3 is 4.74 Å². The third-order valence-corrected chi connectivity index (χ3v) is 8.90. The summed E-state index contributed by atoms with van der Waals surface area (Å²) in [4.78, 5) is 11.6. The topological polar surface area (TPSA) is 72.1 Å².